The molecule has 2 rings (SSSR count). The Kier molecular flexibility index (Phi) is 4.02. The molecule has 4 nitrogen and oxygen atoms in total. The highest BCUT2D eigenvalue weighted by Crippen LogP contribution is 2.26. The van der Waals surface area contributed by atoms with E-state index in [0.29, 0.717) is 32.7 Å². The maximum atomic E-state index is 12.2. The normalized spacial score (nSPS) is 10.3. The molecule has 0 aliphatic carbocycles. The van der Waals surface area contributed by atoms with E-state index in [1.807, 2.05) is 0 Å². The smallest absolute Gasteiger partial charge is 0.259 e. The molecule has 1 N–H and O–H groups in total. The van der Waals surface area contributed by atoms with Gasteiger partial charge in [-0.1, -0.05) is 23.2 Å². The summed E-state index contributed by atoms with van der Waals surface area (Å²) in [5, 5.41) is 3.63. The second-order valence-corrected chi connectivity index (χ2v) is 4.84. The standard InChI is InChI=1S/C13H11Cl2N3O/c1-7-12(8(2)17-6-16-7)13(19)18-11-5-9(14)3-4-10(11)15/h3-6H,1-2H3,(H,18,19). The first-order valence-electron chi connectivity index (χ1n) is 5.53. The summed E-state index contributed by atoms with van der Waals surface area (Å²) in [6.45, 7) is 3.51. The van der Waals surface area contributed by atoms with Crippen molar-refractivity contribution in [2.24, 2.45) is 0 Å². The van der Waals surface area contributed by atoms with Crippen LogP contribution in [-0.4, -0.2) is 15.9 Å². The number of nitrogens with zero attached hydrogens (tertiary/aromatic N) is 2. The second kappa shape index (κ2) is 5.55. The molecule has 6 heteroatoms. The Bertz CT molecular complexity index is 624. The summed E-state index contributed by atoms with van der Waals surface area (Å²) >= 11 is 11.9. The van der Waals surface area contributed by atoms with Gasteiger partial charge in [0.2, 0.25) is 0 Å². The van der Waals surface area contributed by atoms with Gasteiger partial charge in [-0.2, -0.15) is 0 Å². The van der Waals surface area contributed by atoms with Gasteiger partial charge in [-0.25, -0.2) is 9.97 Å². The highest BCUT2D eigenvalue weighted by atomic mass is 35.5. The summed E-state index contributed by atoms with van der Waals surface area (Å²) in [7, 11) is 0. The molecule has 0 aliphatic heterocycles. The molecule has 0 spiro atoms. The van der Waals surface area contributed by atoms with Crippen LogP contribution in [0.5, 0.6) is 0 Å². The van der Waals surface area contributed by atoms with Gasteiger partial charge in [0.25, 0.3) is 5.91 Å². The van der Waals surface area contributed by atoms with E-state index in [9.17, 15) is 4.79 Å². The Balaban J connectivity index is 2.34. The molecular weight excluding hydrogens is 285 g/mol. The van der Waals surface area contributed by atoms with Crippen molar-refractivity contribution in [3.05, 3.63) is 51.5 Å². The van der Waals surface area contributed by atoms with Gasteiger partial charge >= 0.3 is 0 Å². The first kappa shape index (κ1) is 13.8. The van der Waals surface area contributed by atoms with Crippen molar-refractivity contribution in [1.29, 1.82) is 0 Å². The Morgan fingerprint density at radius 3 is 2.42 bits per heavy atom. The highest BCUT2D eigenvalue weighted by Gasteiger charge is 2.15. The van der Waals surface area contributed by atoms with Crippen molar-refractivity contribution in [2.75, 3.05) is 5.32 Å². The quantitative estimate of drug-likeness (QED) is 0.920. The largest absolute Gasteiger partial charge is 0.320 e. The number of nitrogens with one attached hydrogen (secondary N) is 1. The summed E-state index contributed by atoms with van der Waals surface area (Å²) in [4.78, 5) is 20.2. The fourth-order valence-electron chi connectivity index (χ4n) is 1.70. The fraction of sp³-hybridized carbons (Fsp3) is 0.154. The average Bonchev–Trinajstić information content (AvgIpc) is 2.33. The van der Waals surface area contributed by atoms with Crippen LogP contribution in [-0.2, 0) is 0 Å². The minimum atomic E-state index is -0.306. The molecule has 1 aromatic heterocycles. The number of aromatic nitrogens is 2. The molecule has 1 aromatic carbocycles. The van der Waals surface area contributed by atoms with E-state index in [1.165, 1.54) is 6.33 Å². The maximum Gasteiger partial charge on any atom is 0.259 e. The number of benzene rings is 1. The SMILES string of the molecule is Cc1ncnc(C)c1C(=O)Nc1cc(Cl)ccc1Cl. The zero-order valence-electron chi connectivity index (χ0n) is 10.4. The molecule has 0 unspecified atom stereocenters. The Labute approximate surface area is 120 Å². The van der Waals surface area contributed by atoms with E-state index < -0.39 is 0 Å². The predicted octanol–water partition coefficient (Wildman–Crippen LogP) is 3.65. The minimum Gasteiger partial charge on any atom is -0.320 e. The number of halogens is 2. The van der Waals surface area contributed by atoms with Gasteiger partial charge in [0, 0.05) is 5.02 Å². The third kappa shape index (κ3) is 3.03. The lowest BCUT2D eigenvalue weighted by atomic mass is 10.1. The molecule has 98 valence electrons. The van der Waals surface area contributed by atoms with Crippen LogP contribution in [0.4, 0.5) is 5.69 Å². The average molecular weight is 296 g/mol. The van der Waals surface area contributed by atoms with E-state index in [2.05, 4.69) is 15.3 Å². The predicted molar refractivity (Wildman–Crippen MR) is 75.9 cm³/mol. The second-order valence-electron chi connectivity index (χ2n) is 4.00. The summed E-state index contributed by atoms with van der Waals surface area (Å²) in [5.41, 5.74) is 2.13. The number of rotatable bonds is 2. The molecule has 0 atom stereocenters. The number of hydrogen-bond donors (Lipinski definition) is 1. The monoisotopic (exact) mass is 295 g/mol. The fourth-order valence-corrected chi connectivity index (χ4v) is 2.04. The van der Waals surface area contributed by atoms with Crippen LogP contribution in [0, 0.1) is 13.8 Å². The Morgan fingerprint density at radius 2 is 1.79 bits per heavy atom. The van der Waals surface area contributed by atoms with Gasteiger partial charge in [0.15, 0.2) is 0 Å². The first-order chi connectivity index (χ1) is 8.99. The maximum absolute atomic E-state index is 12.2. The van der Waals surface area contributed by atoms with Crippen LogP contribution in [0.2, 0.25) is 10.0 Å². The highest BCUT2D eigenvalue weighted by molar-refractivity contribution is 6.35. The molecule has 1 heterocycles. The van der Waals surface area contributed by atoms with Crippen molar-refractivity contribution in [2.45, 2.75) is 13.8 Å². The molecule has 2 aromatic rings. The van der Waals surface area contributed by atoms with Crippen molar-refractivity contribution in [3.63, 3.8) is 0 Å². The van der Waals surface area contributed by atoms with Gasteiger partial charge in [0.05, 0.1) is 27.7 Å². The van der Waals surface area contributed by atoms with Crippen LogP contribution in [0.1, 0.15) is 21.7 Å². The molecule has 19 heavy (non-hydrogen) atoms. The number of anilines is 1. The first-order valence-corrected chi connectivity index (χ1v) is 6.29. The van der Waals surface area contributed by atoms with Gasteiger partial charge in [-0.05, 0) is 32.0 Å². The molecule has 0 fully saturated rings. The third-order valence-corrected chi connectivity index (χ3v) is 3.19. The van der Waals surface area contributed by atoms with E-state index >= 15 is 0 Å². The number of amides is 1. The summed E-state index contributed by atoms with van der Waals surface area (Å²) in [6, 6.07) is 4.87. The van der Waals surface area contributed by atoms with E-state index in [-0.39, 0.29) is 5.91 Å². The van der Waals surface area contributed by atoms with Gasteiger partial charge in [-0.15, -0.1) is 0 Å². The third-order valence-electron chi connectivity index (χ3n) is 2.63. The van der Waals surface area contributed by atoms with Gasteiger partial charge < -0.3 is 5.32 Å². The number of carbonyl (C=O) groups is 1. The van der Waals surface area contributed by atoms with Crippen LogP contribution in [0.25, 0.3) is 0 Å². The Hall–Kier alpha value is -1.65. The molecule has 0 saturated heterocycles. The number of aryl methyl sites for hydroxylation is 2. The number of carbonyl (C=O) groups excluding carboxylic acids is 1. The van der Waals surface area contributed by atoms with Crippen molar-refractivity contribution >= 4 is 34.8 Å². The summed E-state index contributed by atoms with van der Waals surface area (Å²) < 4.78 is 0. The van der Waals surface area contributed by atoms with E-state index in [4.69, 9.17) is 23.2 Å². The summed E-state index contributed by atoms with van der Waals surface area (Å²) in [5.74, 6) is -0.306. The zero-order valence-corrected chi connectivity index (χ0v) is 11.9. The molecule has 0 aliphatic rings. The lowest BCUT2D eigenvalue weighted by Crippen LogP contribution is -2.16. The van der Waals surface area contributed by atoms with Crippen LogP contribution >= 0.6 is 23.2 Å². The molecule has 1 amide bonds. The van der Waals surface area contributed by atoms with E-state index in [1.54, 1.807) is 32.0 Å². The number of hydrogen-bond acceptors (Lipinski definition) is 3. The Morgan fingerprint density at radius 1 is 1.16 bits per heavy atom. The lowest BCUT2D eigenvalue weighted by molar-refractivity contribution is 0.102. The molecule has 0 bridgehead atoms. The van der Waals surface area contributed by atoms with Crippen molar-refractivity contribution < 1.29 is 4.79 Å². The van der Waals surface area contributed by atoms with Gasteiger partial charge in [0.1, 0.15) is 6.33 Å². The van der Waals surface area contributed by atoms with Crippen molar-refractivity contribution in [1.82, 2.24) is 9.97 Å². The van der Waals surface area contributed by atoms with Gasteiger partial charge in [-0.3, -0.25) is 4.79 Å². The van der Waals surface area contributed by atoms with Crippen LogP contribution < -0.4 is 5.32 Å². The lowest BCUT2D eigenvalue weighted by Gasteiger charge is -2.10. The summed E-state index contributed by atoms with van der Waals surface area (Å²) in [6.07, 6.45) is 1.42. The minimum absolute atomic E-state index is 0.306. The molecular formula is C13H11Cl2N3O. The van der Waals surface area contributed by atoms with Crippen LogP contribution in [0.15, 0.2) is 24.5 Å². The topological polar surface area (TPSA) is 54.9 Å². The van der Waals surface area contributed by atoms with E-state index in [0.717, 1.165) is 0 Å². The molecule has 0 radical (unpaired) electrons. The zero-order chi connectivity index (χ0) is 14.0. The molecule has 0 saturated carbocycles. The van der Waals surface area contributed by atoms with Crippen molar-refractivity contribution in [3.8, 4) is 0 Å². The van der Waals surface area contributed by atoms with Crippen LogP contribution in [0.3, 0.4) is 0 Å².